The molecule has 1 aliphatic carbocycles. The van der Waals surface area contributed by atoms with E-state index in [9.17, 15) is 5.11 Å². The summed E-state index contributed by atoms with van der Waals surface area (Å²) in [6.07, 6.45) is 6.05. The van der Waals surface area contributed by atoms with Crippen LogP contribution in [0.25, 0.3) is 0 Å². The molecule has 6 heteroatoms. The van der Waals surface area contributed by atoms with E-state index in [-0.39, 0.29) is 30.0 Å². The molecular formula is C19H30IN3O2. The fourth-order valence-corrected chi connectivity index (χ4v) is 3.57. The first-order valence-corrected chi connectivity index (χ1v) is 9.19. The number of hydrogen-bond donors (Lipinski definition) is 3. The number of para-hydroxylation sites is 1. The molecule has 3 rings (SSSR count). The smallest absolute Gasteiger partial charge is 0.191 e. The number of nitrogens with zero attached hydrogens (tertiary/aromatic N) is 1. The minimum atomic E-state index is -0.631. The van der Waals surface area contributed by atoms with Gasteiger partial charge in [-0.05, 0) is 25.8 Å². The Morgan fingerprint density at radius 1 is 1.28 bits per heavy atom. The Kier molecular flexibility index (Phi) is 7.81. The van der Waals surface area contributed by atoms with Crippen LogP contribution in [0.4, 0.5) is 0 Å². The number of rotatable bonds is 4. The zero-order valence-electron chi connectivity index (χ0n) is 15.0. The minimum Gasteiger partial charge on any atom is -0.493 e. The average molecular weight is 459 g/mol. The molecule has 3 N–H and O–H groups in total. The summed E-state index contributed by atoms with van der Waals surface area (Å²) in [5, 5.41) is 17.5. The molecule has 0 radical (unpaired) electrons. The summed E-state index contributed by atoms with van der Waals surface area (Å²) < 4.78 is 5.73. The van der Waals surface area contributed by atoms with Crippen molar-refractivity contribution in [2.24, 2.45) is 4.99 Å². The van der Waals surface area contributed by atoms with Crippen LogP contribution in [0.1, 0.15) is 57.1 Å². The molecule has 1 heterocycles. The van der Waals surface area contributed by atoms with Gasteiger partial charge in [-0.3, -0.25) is 4.99 Å². The van der Waals surface area contributed by atoms with E-state index >= 15 is 0 Å². The molecule has 0 aromatic heterocycles. The highest BCUT2D eigenvalue weighted by Gasteiger charge is 2.29. The fourth-order valence-electron chi connectivity index (χ4n) is 3.57. The number of guanidine groups is 1. The van der Waals surface area contributed by atoms with Gasteiger partial charge in [0.05, 0.1) is 24.8 Å². The first-order chi connectivity index (χ1) is 11.7. The van der Waals surface area contributed by atoms with Crippen LogP contribution < -0.4 is 15.4 Å². The van der Waals surface area contributed by atoms with Crippen LogP contribution in [-0.4, -0.2) is 36.4 Å². The molecule has 1 aromatic rings. The van der Waals surface area contributed by atoms with Crippen molar-refractivity contribution in [2.75, 3.05) is 19.7 Å². The summed E-state index contributed by atoms with van der Waals surface area (Å²) in [6.45, 7) is 4.03. The SMILES string of the molecule is CCNC(=NCC1(O)CCCCC1)NC1CCOc2ccccc21.I. The number of benzene rings is 1. The molecule has 2 aliphatic rings. The van der Waals surface area contributed by atoms with Gasteiger partial charge >= 0.3 is 0 Å². The Hall–Kier alpha value is -1.02. The van der Waals surface area contributed by atoms with E-state index in [2.05, 4.69) is 28.6 Å². The van der Waals surface area contributed by atoms with Crippen molar-refractivity contribution >= 4 is 29.9 Å². The van der Waals surface area contributed by atoms with E-state index in [0.717, 1.165) is 50.4 Å². The highest BCUT2D eigenvalue weighted by atomic mass is 127. The summed E-state index contributed by atoms with van der Waals surface area (Å²) in [7, 11) is 0. The Balaban J connectivity index is 0.00000225. The molecule has 25 heavy (non-hydrogen) atoms. The third kappa shape index (κ3) is 5.48. The molecule has 1 unspecified atom stereocenters. The number of aliphatic imine (C=N–C) groups is 1. The molecular weight excluding hydrogens is 429 g/mol. The summed E-state index contributed by atoms with van der Waals surface area (Å²) in [5.74, 6) is 1.72. The van der Waals surface area contributed by atoms with Gasteiger partial charge < -0.3 is 20.5 Å². The lowest BCUT2D eigenvalue weighted by Crippen LogP contribution is -2.43. The predicted octanol–water partition coefficient (Wildman–Crippen LogP) is 3.38. The molecule has 140 valence electrons. The van der Waals surface area contributed by atoms with E-state index in [4.69, 9.17) is 4.74 Å². The van der Waals surface area contributed by atoms with E-state index in [1.54, 1.807) is 0 Å². The maximum atomic E-state index is 10.7. The van der Waals surface area contributed by atoms with E-state index in [0.29, 0.717) is 13.2 Å². The second kappa shape index (κ2) is 9.62. The summed E-state index contributed by atoms with van der Waals surface area (Å²) in [6, 6.07) is 8.34. The second-order valence-electron chi connectivity index (χ2n) is 6.85. The van der Waals surface area contributed by atoms with Gasteiger partial charge in [-0.25, -0.2) is 0 Å². The van der Waals surface area contributed by atoms with E-state index in [1.807, 2.05) is 18.2 Å². The molecule has 5 nitrogen and oxygen atoms in total. The summed E-state index contributed by atoms with van der Waals surface area (Å²) in [4.78, 5) is 4.68. The molecule has 1 atom stereocenters. The van der Waals surface area contributed by atoms with Crippen LogP contribution in [0, 0.1) is 0 Å². The Labute approximate surface area is 167 Å². The quantitative estimate of drug-likeness (QED) is 0.367. The number of nitrogens with one attached hydrogen (secondary N) is 2. The maximum Gasteiger partial charge on any atom is 0.191 e. The number of halogens is 1. The molecule has 0 amide bonds. The Morgan fingerprint density at radius 3 is 2.80 bits per heavy atom. The lowest BCUT2D eigenvalue weighted by molar-refractivity contribution is 0.0131. The minimum absolute atomic E-state index is 0. The van der Waals surface area contributed by atoms with Crippen molar-refractivity contribution in [1.29, 1.82) is 0 Å². The van der Waals surface area contributed by atoms with Crippen LogP contribution in [0.15, 0.2) is 29.3 Å². The lowest BCUT2D eigenvalue weighted by atomic mass is 9.85. The summed E-state index contributed by atoms with van der Waals surface area (Å²) in [5.41, 5.74) is 0.541. The van der Waals surface area contributed by atoms with Crippen LogP contribution in [0.5, 0.6) is 5.75 Å². The van der Waals surface area contributed by atoms with Gasteiger partial charge in [0, 0.05) is 18.5 Å². The number of fused-ring (bicyclic) bond motifs is 1. The normalized spacial score (nSPS) is 22.2. The van der Waals surface area contributed by atoms with Crippen LogP contribution in [-0.2, 0) is 0 Å². The van der Waals surface area contributed by atoms with Crippen LogP contribution >= 0.6 is 24.0 Å². The third-order valence-corrected chi connectivity index (χ3v) is 4.93. The maximum absolute atomic E-state index is 10.7. The van der Waals surface area contributed by atoms with Crippen molar-refractivity contribution in [1.82, 2.24) is 10.6 Å². The first kappa shape index (κ1) is 20.3. The molecule has 1 aromatic carbocycles. The van der Waals surface area contributed by atoms with Gasteiger partial charge in [0.1, 0.15) is 5.75 Å². The number of aliphatic hydroxyl groups is 1. The topological polar surface area (TPSA) is 65.9 Å². The molecule has 0 bridgehead atoms. The number of hydrogen-bond acceptors (Lipinski definition) is 3. The molecule has 1 aliphatic heterocycles. The second-order valence-corrected chi connectivity index (χ2v) is 6.85. The van der Waals surface area contributed by atoms with Crippen molar-refractivity contribution in [3.8, 4) is 5.75 Å². The Bertz CT molecular complexity index is 574. The van der Waals surface area contributed by atoms with Gasteiger partial charge in [0.15, 0.2) is 5.96 Å². The van der Waals surface area contributed by atoms with Gasteiger partial charge in [0.25, 0.3) is 0 Å². The average Bonchev–Trinajstić information content (AvgIpc) is 2.61. The molecule has 0 spiro atoms. The molecule has 1 saturated carbocycles. The lowest BCUT2D eigenvalue weighted by Gasteiger charge is -2.31. The van der Waals surface area contributed by atoms with E-state index in [1.165, 1.54) is 12.0 Å². The standard InChI is InChI=1S/C19H29N3O2.HI/c1-2-20-18(21-14-19(23)11-6-3-7-12-19)22-16-10-13-24-17-9-5-4-8-15(16)17;/h4-5,8-9,16,23H,2-3,6-7,10-14H2,1H3,(H2,20,21,22);1H. The van der Waals surface area contributed by atoms with Gasteiger partial charge in [-0.15, -0.1) is 24.0 Å². The number of ether oxygens (including phenoxy) is 1. The van der Waals surface area contributed by atoms with Crippen LogP contribution in [0.2, 0.25) is 0 Å². The van der Waals surface area contributed by atoms with Gasteiger partial charge in [0.2, 0.25) is 0 Å². The highest BCUT2D eigenvalue weighted by Crippen LogP contribution is 2.31. The van der Waals surface area contributed by atoms with Crippen molar-refractivity contribution in [3.05, 3.63) is 29.8 Å². The third-order valence-electron chi connectivity index (χ3n) is 4.93. The highest BCUT2D eigenvalue weighted by molar-refractivity contribution is 14.0. The van der Waals surface area contributed by atoms with Crippen molar-refractivity contribution in [2.45, 2.75) is 57.1 Å². The molecule has 0 saturated heterocycles. The Morgan fingerprint density at radius 2 is 2.04 bits per heavy atom. The zero-order valence-corrected chi connectivity index (χ0v) is 17.3. The summed E-state index contributed by atoms with van der Waals surface area (Å²) >= 11 is 0. The van der Waals surface area contributed by atoms with Gasteiger partial charge in [-0.2, -0.15) is 0 Å². The van der Waals surface area contributed by atoms with Crippen molar-refractivity contribution < 1.29 is 9.84 Å². The fraction of sp³-hybridized carbons (Fsp3) is 0.632. The predicted molar refractivity (Wildman–Crippen MR) is 112 cm³/mol. The van der Waals surface area contributed by atoms with Gasteiger partial charge in [-0.1, -0.05) is 37.5 Å². The van der Waals surface area contributed by atoms with Crippen LogP contribution in [0.3, 0.4) is 0 Å². The largest absolute Gasteiger partial charge is 0.493 e. The van der Waals surface area contributed by atoms with Crippen molar-refractivity contribution in [3.63, 3.8) is 0 Å². The molecule has 1 fully saturated rings. The zero-order chi connectivity index (χ0) is 16.8. The van der Waals surface area contributed by atoms with E-state index < -0.39 is 5.60 Å². The monoisotopic (exact) mass is 459 g/mol. The first-order valence-electron chi connectivity index (χ1n) is 9.19.